The number of carbonyl (C=O) groups is 1. The molecule has 1 heterocycles. The van der Waals surface area contributed by atoms with Crippen LogP contribution in [0.3, 0.4) is 0 Å². The molecule has 114 valence electrons. The highest BCUT2D eigenvalue weighted by Crippen LogP contribution is 2.43. The first kappa shape index (κ1) is 14.7. The van der Waals surface area contributed by atoms with Gasteiger partial charge in [-0.25, -0.2) is 0 Å². The number of hydrogen-bond acceptors (Lipinski definition) is 5. The van der Waals surface area contributed by atoms with Crippen molar-refractivity contribution in [2.75, 3.05) is 0 Å². The van der Waals surface area contributed by atoms with Gasteiger partial charge in [0.2, 0.25) is 5.78 Å². The number of aromatic nitrogens is 1. The zero-order valence-corrected chi connectivity index (χ0v) is 12.6. The molecule has 1 saturated carbocycles. The molecule has 0 unspecified atom stereocenters. The molecule has 22 heavy (non-hydrogen) atoms. The average Bonchev–Trinajstić information content (AvgIpc) is 3.25. The largest absolute Gasteiger partial charge is 0.360 e. The van der Waals surface area contributed by atoms with E-state index in [0.29, 0.717) is 23.4 Å². The topological polar surface area (TPSA) is 86.2 Å². The minimum atomic E-state index is -0.602. The number of benzene rings is 1. The minimum absolute atomic E-state index is 0.00852. The fraction of sp³-hybridized carbons (Fsp3) is 0.333. The third-order valence-electron chi connectivity index (χ3n) is 3.70. The van der Waals surface area contributed by atoms with Gasteiger partial charge in [0.1, 0.15) is 5.56 Å². The van der Waals surface area contributed by atoms with Gasteiger partial charge in [0, 0.05) is 17.0 Å². The number of halogens is 1. The first-order valence-electron chi connectivity index (χ1n) is 7.00. The van der Waals surface area contributed by atoms with E-state index in [1.54, 1.807) is 0 Å². The summed E-state index contributed by atoms with van der Waals surface area (Å²) in [6.45, 7) is 1.86. The second-order valence-corrected chi connectivity index (χ2v) is 5.68. The molecule has 0 saturated heterocycles. The number of nitro groups is 1. The zero-order chi connectivity index (χ0) is 15.9. The van der Waals surface area contributed by atoms with Crippen molar-refractivity contribution in [3.63, 3.8) is 0 Å². The lowest BCUT2D eigenvalue weighted by Crippen LogP contribution is -2.09. The Kier molecular flexibility index (Phi) is 3.70. The third kappa shape index (κ3) is 2.50. The van der Waals surface area contributed by atoms with Gasteiger partial charge in [0.15, 0.2) is 5.76 Å². The summed E-state index contributed by atoms with van der Waals surface area (Å²) in [6, 6.07) is 4.04. The quantitative estimate of drug-likeness (QED) is 0.473. The van der Waals surface area contributed by atoms with Crippen molar-refractivity contribution >= 4 is 23.1 Å². The van der Waals surface area contributed by atoms with Gasteiger partial charge in [0.05, 0.1) is 16.2 Å². The number of ketones is 1. The highest BCUT2D eigenvalue weighted by Gasteiger charge is 2.36. The summed E-state index contributed by atoms with van der Waals surface area (Å²) >= 11 is 5.79. The predicted octanol–water partition coefficient (Wildman–Crippen LogP) is 3.91. The molecule has 7 heteroatoms. The molecule has 0 amide bonds. The molecule has 1 aliphatic rings. The van der Waals surface area contributed by atoms with Gasteiger partial charge < -0.3 is 4.52 Å². The van der Waals surface area contributed by atoms with E-state index in [0.717, 1.165) is 12.8 Å². The molecule has 0 N–H and O–H groups in total. The zero-order valence-electron chi connectivity index (χ0n) is 11.8. The van der Waals surface area contributed by atoms with Crippen molar-refractivity contribution in [1.82, 2.24) is 5.16 Å². The Labute approximate surface area is 131 Å². The van der Waals surface area contributed by atoms with Crippen LogP contribution in [0.4, 0.5) is 5.69 Å². The molecule has 0 bridgehead atoms. The molecule has 1 aromatic heterocycles. The van der Waals surface area contributed by atoms with Crippen LogP contribution in [-0.2, 0) is 6.42 Å². The molecule has 0 spiro atoms. The maximum Gasteiger partial charge on any atom is 0.282 e. The van der Waals surface area contributed by atoms with Gasteiger partial charge in [-0.2, -0.15) is 0 Å². The van der Waals surface area contributed by atoms with Crippen LogP contribution in [0, 0.1) is 10.1 Å². The summed E-state index contributed by atoms with van der Waals surface area (Å²) < 4.78 is 5.31. The normalized spacial score (nSPS) is 14.1. The molecule has 0 atom stereocenters. The average molecular weight is 321 g/mol. The van der Waals surface area contributed by atoms with E-state index >= 15 is 0 Å². The summed E-state index contributed by atoms with van der Waals surface area (Å²) in [5, 5.41) is 15.3. The Hall–Kier alpha value is -2.21. The van der Waals surface area contributed by atoms with Crippen molar-refractivity contribution in [2.45, 2.75) is 32.1 Å². The van der Waals surface area contributed by atoms with Gasteiger partial charge in [-0.3, -0.25) is 14.9 Å². The highest BCUT2D eigenvalue weighted by molar-refractivity contribution is 6.31. The monoisotopic (exact) mass is 320 g/mol. The standard InChI is InChI=1S/C15H13ClN2O4/c1-2-11-13(15(22-17-11)8-3-4-8)14(19)10-6-5-9(16)7-12(10)18(20)21/h5-8H,2-4H2,1H3. The van der Waals surface area contributed by atoms with Gasteiger partial charge in [-0.15, -0.1) is 0 Å². The van der Waals surface area contributed by atoms with Crippen molar-refractivity contribution in [3.05, 3.63) is 55.9 Å². The third-order valence-corrected chi connectivity index (χ3v) is 3.94. The fourth-order valence-corrected chi connectivity index (χ4v) is 2.60. The lowest BCUT2D eigenvalue weighted by atomic mass is 9.97. The Morgan fingerprint density at radius 3 is 2.82 bits per heavy atom. The van der Waals surface area contributed by atoms with E-state index < -0.39 is 10.7 Å². The second kappa shape index (κ2) is 5.53. The van der Waals surface area contributed by atoms with Crippen molar-refractivity contribution in [1.29, 1.82) is 0 Å². The molecule has 0 radical (unpaired) electrons. The summed E-state index contributed by atoms with van der Waals surface area (Å²) in [6.07, 6.45) is 2.42. The second-order valence-electron chi connectivity index (χ2n) is 5.24. The highest BCUT2D eigenvalue weighted by atomic mass is 35.5. The first-order valence-corrected chi connectivity index (χ1v) is 7.37. The van der Waals surface area contributed by atoms with Crippen molar-refractivity contribution in [3.8, 4) is 0 Å². The number of rotatable bonds is 5. The van der Waals surface area contributed by atoms with E-state index in [4.69, 9.17) is 16.1 Å². The molecule has 6 nitrogen and oxygen atoms in total. The summed E-state index contributed by atoms with van der Waals surface area (Å²) in [7, 11) is 0. The van der Waals surface area contributed by atoms with Crippen LogP contribution in [-0.4, -0.2) is 15.9 Å². The lowest BCUT2D eigenvalue weighted by Gasteiger charge is -2.04. The first-order chi connectivity index (χ1) is 10.5. The molecule has 1 aliphatic carbocycles. The van der Waals surface area contributed by atoms with Crippen molar-refractivity contribution < 1.29 is 14.2 Å². The summed E-state index contributed by atoms with van der Waals surface area (Å²) in [5.74, 6) is 0.313. The molecular formula is C15H13ClN2O4. The lowest BCUT2D eigenvalue weighted by molar-refractivity contribution is -0.385. The number of nitrogens with zero attached hydrogens (tertiary/aromatic N) is 2. The van der Waals surface area contributed by atoms with Gasteiger partial charge in [-0.1, -0.05) is 23.7 Å². The number of carbonyl (C=O) groups excluding carboxylic acids is 1. The Morgan fingerprint density at radius 2 is 2.23 bits per heavy atom. The molecule has 3 rings (SSSR count). The van der Waals surface area contributed by atoms with E-state index in [1.807, 2.05) is 6.92 Å². The number of nitro benzene ring substituents is 1. The van der Waals surface area contributed by atoms with Gasteiger partial charge in [0.25, 0.3) is 5.69 Å². The van der Waals surface area contributed by atoms with Crippen molar-refractivity contribution in [2.24, 2.45) is 0 Å². The van der Waals surface area contributed by atoms with Crippen LogP contribution in [0.5, 0.6) is 0 Å². The van der Waals surface area contributed by atoms with Gasteiger partial charge in [-0.05, 0) is 31.4 Å². The molecular weight excluding hydrogens is 308 g/mol. The summed E-state index contributed by atoms with van der Waals surface area (Å²) in [5.41, 5.74) is 0.614. The van der Waals surface area contributed by atoms with Crippen LogP contribution in [0.25, 0.3) is 0 Å². The van der Waals surface area contributed by atoms with E-state index in [1.165, 1.54) is 18.2 Å². The Bertz CT molecular complexity index is 765. The van der Waals surface area contributed by atoms with Crippen LogP contribution in [0.1, 0.15) is 53.1 Å². The van der Waals surface area contributed by atoms with Crippen LogP contribution in [0.2, 0.25) is 5.02 Å². The maximum absolute atomic E-state index is 12.8. The number of aryl methyl sites for hydroxylation is 1. The molecule has 1 aromatic carbocycles. The van der Waals surface area contributed by atoms with E-state index in [-0.39, 0.29) is 22.2 Å². The molecule has 1 fully saturated rings. The Morgan fingerprint density at radius 1 is 1.50 bits per heavy atom. The number of hydrogen-bond donors (Lipinski definition) is 0. The predicted molar refractivity (Wildman–Crippen MR) is 79.4 cm³/mol. The van der Waals surface area contributed by atoms with Crippen LogP contribution >= 0.6 is 11.6 Å². The fourth-order valence-electron chi connectivity index (χ4n) is 2.43. The smallest absolute Gasteiger partial charge is 0.282 e. The van der Waals surface area contributed by atoms with Gasteiger partial charge >= 0.3 is 0 Å². The van der Waals surface area contributed by atoms with Crippen LogP contribution in [0.15, 0.2) is 22.7 Å². The minimum Gasteiger partial charge on any atom is -0.360 e. The molecule has 0 aliphatic heterocycles. The maximum atomic E-state index is 12.8. The summed E-state index contributed by atoms with van der Waals surface area (Å²) in [4.78, 5) is 23.4. The SMILES string of the molecule is CCc1noc(C2CC2)c1C(=O)c1ccc(Cl)cc1[N+](=O)[O-]. The van der Waals surface area contributed by atoms with E-state index in [2.05, 4.69) is 5.16 Å². The Balaban J connectivity index is 2.12. The van der Waals surface area contributed by atoms with E-state index in [9.17, 15) is 14.9 Å². The molecule has 2 aromatic rings. The van der Waals surface area contributed by atoms with Crippen LogP contribution < -0.4 is 0 Å².